The smallest absolute Gasteiger partial charge is 0.151 e. The highest BCUT2D eigenvalue weighted by Gasteiger charge is 2.32. The van der Waals surface area contributed by atoms with Crippen molar-refractivity contribution in [3.05, 3.63) is 29.8 Å². The molecule has 0 saturated heterocycles. The van der Waals surface area contributed by atoms with Crippen molar-refractivity contribution >= 4 is 0 Å². The summed E-state index contributed by atoms with van der Waals surface area (Å²) in [4.78, 5) is 0. The van der Waals surface area contributed by atoms with Gasteiger partial charge in [0.15, 0.2) is 5.67 Å². The molecule has 0 fully saturated rings. The molecule has 0 aliphatic heterocycles. The van der Waals surface area contributed by atoms with Gasteiger partial charge in [0.05, 0.1) is 6.61 Å². The van der Waals surface area contributed by atoms with Crippen molar-refractivity contribution in [3.63, 3.8) is 0 Å². The molecule has 0 aliphatic carbocycles. The predicted molar refractivity (Wildman–Crippen MR) is 69.0 cm³/mol. The van der Waals surface area contributed by atoms with Gasteiger partial charge in [-0.15, -0.1) is 0 Å². The van der Waals surface area contributed by atoms with Crippen molar-refractivity contribution in [3.8, 4) is 5.75 Å². The summed E-state index contributed by atoms with van der Waals surface area (Å²) >= 11 is 0. The third kappa shape index (κ3) is 3.43. The number of benzene rings is 1. The van der Waals surface area contributed by atoms with E-state index in [2.05, 4.69) is 0 Å². The first-order valence-corrected chi connectivity index (χ1v) is 6.29. The number of nitrogens with two attached hydrogens (primary N) is 1. The molecule has 1 rings (SSSR count). The molecule has 1 aromatic carbocycles. The Balaban J connectivity index is 3.01. The van der Waals surface area contributed by atoms with Gasteiger partial charge in [0.1, 0.15) is 5.75 Å². The van der Waals surface area contributed by atoms with Crippen molar-refractivity contribution in [2.75, 3.05) is 13.2 Å². The van der Waals surface area contributed by atoms with Crippen molar-refractivity contribution in [1.82, 2.24) is 0 Å². The van der Waals surface area contributed by atoms with Gasteiger partial charge >= 0.3 is 0 Å². The summed E-state index contributed by atoms with van der Waals surface area (Å²) in [5.74, 6) is 0.621. The van der Waals surface area contributed by atoms with Gasteiger partial charge in [0.25, 0.3) is 0 Å². The summed E-state index contributed by atoms with van der Waals surface area (Å²) in [7, 11) is 0. The molecule has 0 spiro atoms. The molecule has 2 nitrogen and oxygen atoms in total. The second-order valence-corrected chi connectivity index (χ2v) is 4.26. The van der Waals surface area contributed by atoms with Crippen molar-refractivity contribution in [2.45, 2.75) is 38.8 Å². The van der Waals surface area contributed by atoms with Gasteiger partial charge in [0, 0.05) is 12.1 Å². The molecule has 0 radical (unpaired) electrons. The van der Waals surface area contributed by atoms with E-state index in [1.54, 1.807) is 6.07 Å². The molecule has 0 aliphatic rings. The fraction of sp³-hybridized carbons (Fsp3) is 0.571. The number of hydrogen-bond acceptors (Lipinski definition) is 2. The molecule has 1 unspecified atom stereocenters. The maximum atomic E-state index is 14.7. The Morgan fingerprint density at radius 2 is 1.94 bits per heavy atom. The Labute approximate surface area is 103 Å². The van der Waals surface area contributed by atoms with Gasteiger partial charge in [-0.1, -0.05) is 38.5 Å². The lowest BCUT2D eigenvalue weighted by Crippen LogP contribution is -2.30. The highest BCUT2D eigenvalue weighted by Crippen LogP contribution is 2.36. The second kappa shape index (κ2) is 6.60. The third-order valence-electron chi connectivity index (χ3n) is 2.80. The van der Waals surface area contributed by atoms with Gasteiger partial charge in [0.2, 0.25) is 0 Å². The molecule has 2 N–H and O–H groups in total. The van der Waals surface area contributed by atoms with E-state index < -0.39 is 5.67 Å². The predicted octanol–water partition coefficient (Wildman–Crippen LogP) is 3.40. The lowest BCUT2D eigenvalue weighted by atomic mass is 9.90. The molecule has 17 heavy (non-hydrogen) atoms. The monoisotopic (exact) mass is 239 g/mol. The van der Waals surface area contributed by atoms with E-state index in [4.69, 9.17) is 10.5 Å². The Bertz CT molecular complexity index is 343. The molecule has 0 aromatic heterocycles. The zero-order valence-electron chi connectivity index (χ0n) is 10.7. The molecular weight excluding hydrogens is 217 g/mol. The van der Waals surface area contributed by atoms with E-state index in [9.17, 15) is 4.39 Å². The van der Waals surface area contributed by atoms with Crippen LogP contribution in [0, 0.1) is 0 Å². The Morgan fingerprint density at radius 3 is 2.53 bits per heavy atom. The van der Waals surface area contributed by atoms with Gasteiger partial charge in [-0.3, -0.25) is 0 Å². The molecular formula is C14H22FNO. The Hall–Kier alpha value is -1.09. The van der Waals surface area contributed by atoms with Gasteiger partial charge in [-0.2, -0.15) is 0 Å². The van der Waals surface area contributed by atoms with Crippen LogP contribution in [0.15, 0.2) is 24.3 Å². The average Bonchev–Trinajstić information content (AvgIpc) is 2.37. The minimum atomic E-state index is -1.47. The van der Waals surface area contributed by atoms with Crippen LogP contribution in [0.2, 0.25) is 0 Å². The number of hydrogen-bond donors (Lipinski definition) is 1. The molecule has 96 valence electrons. The van der Waals surface area contributed by atoms with Gasteiger partial charge in [-0.05, 0) is 18.9 Å². The van der Waals surface area contributed by atoms with Crippen LogP contribution in [-0.2, 0) is 5.67 Å². The summed E-state index contributed by atoms with van der Waals surface area (Å²) in [5.41, 5.74) is 4.70. The van der Waals surface area contributed by atoms with Gasteiger partial charge < -0.3 is 10.5 Å². The number of para-hydroxylation sites is 1. The van der Waals surface area contributed by atoms with E-state index in [1.165, 1.54) is 0 Å². The molecule has 0 bridgehead atoms. The van der Waals surface area contributed by atoms with Crippen LogP contribution in [-0.4, -0.2) is 13.2 Å². The van der Waals surface area contributed by atoms with E-state index in [0.717, 1.165) is 12.8 Å². The second-order valence-electron chi connectivity index (χ2n) is 4.26. The number of alkyl halides is 1. The first-order chi connectivity index (χ1) is 8.18. The standard InChI is InChI=1S/C14H22FNO/c1-3-9-14(15,11-16)12-7-5-6-8-13(12)17-10-4-2/h5-8H,3-4,9-11,16H2,1-2H3. The molecule has 0 amide bonds. The summed E-state index contributed by atoms with van der Waals surface area (Å²) in [6.07, 6.45) is 2.09. The summed E-state index contributed by atoms with van der Waals surface area (Å²) in [6, 6.07) is 7.27. The van der Waals surface area contributed by atoms with Crippen LogP contribution < -0.4 is 10.5 Å². The minimum Gasteiger partial charge on any atom is -0.493 e. The van der Waals surface area contributed by atoms with Crippen LogP contribution in [0.3, 0.4) is 0 Å². The van der Waals surface area contributed by atoms with Gasteiger partial charge in [-0.25, -0.2) is 4.39 Å². The van der Waals surface area contributed by atoms with E-state index >= 15 is 0 Å². The lowest BCUT2D eigenvalue weighted by Gasteiger charge is -2.26. The Kier molecular flexibility index (Phi) is 5.42. The maximum Gasteiger partial charge on any atom is 0.151 e. The van der Waals surface area contributed by atoms with E-state index in [-0.39, 0.29) is 6.54 Å². The fourth-order valence-corrected chi connectivity index (χ4v) is 1.92. The number of rotatable bonds is 7. The summed E-state index contributed by atoms with van der Waals surface area (Å²) in [5, 5.41) is 0. The fourth-order valence-electron chi connectivity index (χ4n) is 1.92. The zero-order valence-corrected chi connectivity index (χ0v) is 10.7. The van der Waals surface area contributed by atoms with E-state index in [1.807, 2.05) is 32.0 Å². The van der Waals surface area contributed by atoms with Crippen LogP contribution >= 0.6 is 0 Å². The number of halogens is 1. The van der Waals surface area contributed by atoms with Crippen molar-refractivity contribution < 1.29 is 9.13 Å². The van der Waals surface area contributed by atoms with Crippen LogP contribution in [0.4, 0.5) is 4.39 Å². The topological polar surface area (TPSA) is 35.2 Å². The Morgan fingerprint density at radius 1 is 1.24 bits per heavy atom. The molecule has 3 heteroatoms. The SMILES string of the molecule is CCCOc1ccccc1C(F)(CN)CCC. The average molecular weight is 239 g/mol. The first kappa shape index (κ1) is 14.0. The van der Waals surface area contributed by atoms with Crippen LogP contribution in [0.5, 0.6) is 5.75 Å². The van der Waals surface area contributed by atoms with Crippen LogP contribution in [0.25, 0.3) is 0 Å². The molecule has 0 heterocycles. The van der Waals surface area contributed by atoms with E-state index in [0.29, 0.717) is 24.3 Å². The van der Waals surface area contributed by atoms with Crippen molar-refractivity contribution in [2.24, 2.45) is 5.73 Å². The minimum absolute atomic E-state index is 0.00661. The zero-order chi connectivity index (χ0) is 12.7. The van der Waals surface area contributed by atoms with Crippen molar-refractivity contribution in [1.29, 1.82) is 0 Å². The lowest BCUT2D eigenvalue weighted by molar-refractivity contribution is 0.152. The molecule has 1 aromatic rings. The number of ether oxygens (including phenoxy) is 1. The quantitative estimate of drug-likeness (QED) is 0.791. The largest absolute Gasteiger partial charge is 0.493 e. The first-order valence-electron chi connectivity index (χ1n) is 6.29. The molecule has 1 atom stereocenters. The molecule has 0 saturated carbocycles. The summed E-state index contributed by atoms with van der Waals surface area (Å²) < 4.78 is 20.3. The highest BCUT2D eigenvalue weighted by atomic mass is 19.1. The summed E-state index contributed by atoms with van der Waals surface area (Å²) in [6.45, 7) is 4.58. The maximum absolute atomic E-state index is 14.7. The highest BCUT2D eigenvalue weighted by molar-refractivity contribution is 5.38. The van der Waals surface area contributed by atoms with Crippen LogP contribution in [0.1, 0.15) is 38.7 Å². The third-order valence-corrected chi connectivity index (χ3v) is 2.80. The normalized spacial score (nSPS) is 14.4.